The van der Waals surface area contributed by atoms with E-state index in [0.717, 1.165) is 33.1 Å². The highest BCUT2D eigenvalue weighted by atomic mass is 15.4. The number of nitrogens with zero attached hydrogens (tertiary/aromatic N) is 12. The minimum absolute atomic E-state index is 0.483. The number of para-hydroxylation sites is 6. The summed E-state index contributed by atoms with van der Waals surface area (Å²) in [7, 11) is 0. The van der Waals surface area contributed by atoms with Crippen molar-refractivity contribution >= 4 is 84.3 Å². The molecule has 180 valence electrons. The Morgan fingerprint density at radius 2 is 0.564 bits per heavy atom. The van der Waals surface area contributed by atoms with Gasteiger partial charge in [-0.05, 0) is 36.4 Å². The number of aromatic nitrogens is 12. The van der Waals surface area contributed by atoms with Crippen molar-refractivity contribution in [1.82, 2.24) is 58.1 Å². The second kappa shape index (κ2) is 6.50. The highest BCUT2D eigenvalue weighted by Crippen LogP contribution is 2.28. The van der Waals surface area contributed by atoms with Crippen LogP contribution in [0.4, 0.5) is 0 Å². The molecule has 0 aliphatic heterocycles. The molecule has 0 amide bonds. The molecule has 10 aromatic rings. The summed E-state index contributed by atoms with van der Waals surface area (Å²) in [6.07, 6.45) is 0. The maximum absolute atomic E-state index is 4.94. The van der Waals surface area contributed by atoms with E-state index >= 15 is 0 Å². The monoisotopic (exact) mass is 504 g/mol. The molecule has 0 radical (unpaired) electrons. The predicted molar refractivity (Wildman–Crippen MR) is 144 cm³/mol. The Kier molecular flexibility index (Phi) is 3.20. The van der Waals surface area contributed by atoms with Crippen molar-refractivity contribution in [3.05, 3.63) is 72.8 Å². The molecule has 12 heteroatoms. The van der Waals surface area contributed by atoms with Crippen LogP contribution < -0.4 is 0 Å². The van der Waals surface area contributed by atoms with Crippen molar-refractivity contribution in [1.29, 1.82) is 0 Å². The second-order valence-electron chi connectivity index (χ2n) is 9.32. The molecule has 0 fully saturated rings. The van der Waals surface area contributed by atoms with E-state index in [1.54, 1.807) is 0 Å². The van der Waals surface area contributed by atoms with Gasteiger partial charge in [0, 0.05) is 0 Å². The predicted octanol–water partition coefficient (Wildman–Crippen LogP) is 3.92. The van der Waals surface area contributed by atoms with Gasteiger partial charge in [-0.25, -0.2) is 43.1 Å². The highest BCUT2D eigenvalue weighted by Gasteiger charge is 2.24. The Morgan fingerprint density at radius 3 is 0.846 bits per heavy atom. The smallest absolute Gasteiger partial charge is 0.228 e. The molecule has 7 aromatic heterocycles. The maximum Gasteiger partial charge on any atom is 0.229 e. The van der Waals surface area contributed by atoms with Crippen LogP contribution in [0.2, 0.25) is 0 Å². The fourth-order valence-corrected chi connectivity index (χ4v) is 5.34. The van der Waals surface area contributed by atoms with Crippen LogP contribution in [0, 0.1) is 0 Å². The third-order valence-electron chi connectivity index (χ3n) is 7.06. The largest absolute Gasteiger partial charge is 0.229 e. The van der Waals surface area contributed by atoms with Crippen molar-refractivity contribution in [3.63, 3.8) is 0 Å². The van der Waals surface area contributed by atoms with Crippen LogP contribution in [0.1, 0.15) is 0 Å². The quantitative estimate of drug-likeness (QED) is 0.302. The van der Waals surface area contributed by atoms with E-state index in [-0.39, 0.29) is 0 Å². The third-order valence-corrected chi connectivity index (χ3v) is 7.06. The summed E-state index contributed by atoms with van der Waals surface area (Å²) in [6.45, 7) is 0. The Hall–Kier alpha value is -5.91. The van der Waals surface area contributed by atoms with E-state index in [9.17, 15) is 0 Å². The van der Waals surface area contributed by atoms with Crippen molar-refractivity contribution in [2.45, 2.75) is 0 Å². The summed E-state index contributed by atoms with van der Waals surface area (Å²) in [5, 5.41) is 0. The first-order valence-electron chi connectivity index (χ1n) is 12.3. The van der Waals surface area contributed by atoms with Crippen LogP contribution >= 0.6 is 0 Å². The van der Waals surface area contributed by atoms with E-state index in [1.165, 1.54) is 0 Å². The standard InChI is InChI=1S/C27H12N12/c1-4-10-16-13(7-1)28-19-22(31-16)37-25(34-19)38-23-20(29-14-8-2-5-11-17(14)32-23)36-27(38)39-24-21(35-26(37)39)30-15-9-3-6-12-18(15)33-24/h1-12H. The van der Waals surface area contributed by atoms with Gasteiger partial charge in [0.05, 0.1) is 33.1 Å². The van der Waals surface area contributed by atoms with Gasteiger partial charge in [0.25, 0.3) is 0 Å². The van der Waals surface area contributed by atoms with Gasteiger partial charge in [0.1, 0.15) is 0 Å². The zero-order valence-electron chi connectivity index (χ0n) is 19.8. The molecule has 0 bridgehead atoms. The zero-order chi connectivity index (χ0) is 25.2. The molecule has 3 aromatic carbocycles. The van der Waals surface area contributed by atoms with Crippen LogP contribution in [0.15, 0.2) is 72.8 Å². The molecule has 0 N–H and O–H groups in total. The lowest BCUT2D eigenvalue weighted by molar-refractivity contribution is 0.998. The lowest BCUT2D eigenvalue weighted by atomic mass is 10.3. The Labute approximate surface area is 215 Å². The van der Waals surface area contributed by atoms with Crippen LogP contribution in [0.5, 0.6) is 0 Å². The molecule has 0 saturated heterocycles. The Morgan fingerprint density at radius 1 is 0.308 bits per heavy atom. The van der Waals surface area contributed by atoms with E-state index < -0.39 is 0 Å². The van der Waals surface area contributed by atoms with Gasteiger partial charge < -0.3 is 0 Å². The van der Waals surface area contributed by atoms with E-state index in [2.05, 4.69) is 0 Å². The Balaban J connectivity index is 1.53. The van der Waals surface area contributed by atoms with Gasteiger partial charge in [0.15, 0.2) is 33.9 Å². The van der Waals surface area contributed by atoms with E-state index in [1.807, 2.05) is 86.0 Å². The SMILES string of the molecule is c1ccc2nc3c(nc2c1)nc1n3c2nc3nc4ccccc4nc3n2c2nc3nc4ccccc4nc3n12. The van der Waals surface area contributed by atoms with Gasteiger partial charge >= 0.3 is 0 Å². The first kappa shape index (κ1) is 19.2. The number of benzene rings is 3. The minimum atomic E-state index is 0.483. The molecule has 10 rings (SSSR count). The lowest BCUT2D eigenvalue weighted by Crippen LogP contribution is -2.05. The molecule has 12 nitrogen and oxygen atoms in total. The Bertz CT molecular complexity index is 2360. The van der Waals surface area contributed by atoms with Crippen molar-refractivity contribution in [3.8, 4) is 0 Å². The van der Waals surface area contributed by atoms with Gasteiger partial charge in [-0.2, -0.15) is 15.0 Å². The molecule has 0 saturated carbocycles. The molecular weight excluding hydrogens is 492 g/mol. The summed E-state index contributed by atoms with van der Waals surface area (Å²) in [5.41, 5.74) is 7.66. The van der Waals surface area contributed by atoms with Gasteiger partial charge in [-0.3, -0.25) is 0 Å². The van der Waals surface area contributed by atoms with Crippen LogP contribution in [0.3, 0.4) is 0 Å². The molecule has 7 heterocycles. The summed E-state index contributed by atoms with van der Waals surface area (Å²) >= 11 is 0. The maximum atomic E-state index is 4.94. The molecule has 0 atom stereocenters. The van der Waals surface area contributed by atoms with Gasteiger partial charge in [-0.1, -0.05) is 36.4 Å². The summed E-state index contributed by atoms with van der Waals surface area (Å²) < 4.78 is 5.61. The topological polar surface area (TPSA) is 129 Å². The zero-order valence-corrected chi connectivity index (χ0v) is 19.8. The summed E-state index contributed by atoms with van der Waals surface area (Å²) in [5.74, 6) is 1.57. The molecule has 0 aliphatic carbocycles. The lowest BCUT2D eigenvalue weighted by Gasteiger charge is -2.04. The molecule has 0 aliphatic rings. The second-order valence-corrected chi connectivity index (χ2v) is 9.32. The number of hydrogen-bond acceptors (Lipinski definition) is 9. The first-order valence-corrected chi connectivity index (χ1v) is 12.3. The average Bonchev–Trinajstić information content (AvgIpc) is 3.63. The normalized spacial score (nSPS) is 12.6. The van der Waals surface area contributed by atoms with E-state index in [0.29, 0.717) is 51.2 Å². The number of rotatable bonds is 0. The van der Waals surface area contributed by atoms with Gasteiger partial charge in [-0.15, -0.1) is 0 Å². The van der Waals surface area contributed by atoms with Crippen molar-refractivity contribution in [2.24, 2.45) is 0 Å². The molecule has 39 heavy (non-hydrogen) atoms. The van der Waals surface area contributed by atoms with Crippen LogP contribution in [-0.4, -0.2) is 58.1 Å². The van der Waals surface area contributed by atoms with Crippen LogP contribution in [-0.2, 0) is 0 Å². The molecule has 0 unspecified atom stereocenters. The molecule has 0 spiro atoms. The van der Waals surface area contributed by atoms with Crippen molar-refractivity contribution in [2.75, 3.05) is 0 Å². The first-order chi connectivity index (χ1) is 19.3. The third kappa shape index (κ3) is 2.35. The van der Waals surface area contributed by atoms with Crippen molar-refractivity contribution < 1.29 is 0 Å². The molecular formula is C27H12N12. The minimum Gasteiger partial charge on any atom is -0.228 e. The summed E-state index contributed by atoms with van der Waals surface area (Å²) in [6, 6.07) is 23.2. The fraction of sp³-hybridized carbons (Fsp3) is 0. The average molecular weight is 504 g/mol. The van der Waals surface area contributed by atoms with Crippen LogP contribution in [0.25, 0.3) is 84.3 Å². The fourth-order valence-electron chi connectivity index (χ4n) is 5.34. The number of imidazole rings is 3. The van der Waals surface area contributed by atoms with Gasteiger partial charge in [0.2, 0.25) is 17.3 Å². The summed E-state index contributed by atoms with van der Waals surface area (Å²) in [4.78, 5) is 44.0. The number of hydrogen-bond donors (Lipinski definition) is 0. The van der Waals surface area contributed by atoms with E-state index in [4.69, 9.17) is 44.9 Å². The number of fused-ring (bicyclic) bond motifs is 15. The highest BCUT2D eigenvalue weighted by molar-refractivity contribution is 5.92.